The van der Waals surface area contributed by atoms with E-state index < -0.39 is 5.82 Å². The summed E-state index contributed by atoms with van der Waals surface area (Å²) in [5.41, 5.74) is 6.88. The van der Waals surface area contributed by atoms with Crippen molar-refractivity contribution >= 4 is 17.3 Å². The first-order valence-corrected chi connectivity index (χ1v) is 5.30. The van der Waals surface area contributed by atoms with Gasteiger partial charge in [0.25, 0.3) is 0 Å². The van der Waals surface area contributed by atoms with Gasteiger partial charge in [-0.1, -0.05) is 11.6 Å². The molecule has 1 aromatic carbocycles. The van der Waals surface area contributed by atoms with Crippen LogP contribution in [-0.4, -0.2) is 4.98 Å². The van der Waals surface area contributed by atoms with Gasteiger partial charge in [-0.05, 0) is 25.1 Å². The first kappa shape index (κ1) is 11.7. The second kappa shape index (κ2) is 4.59. The van der Waals surface area contributed by atoms with Gasteiger partial charge in [-0.3, -0.25) is 0 Å². The van der Waals surface area contributed by atoms with Crippen LogP contribution in [0.3, 0.4) is 0 Å². The van der Waals surface area contributed by atoms with Crippen LogP contribution in [0.4, 0.5) is 10.1 Å². The number of nitrogen functional groups attached to an aromatic ring is 1. The highest BCUT2D eigenvalue weighted by Crippen LogP contribution is 2.25. The van der Waals surface area contributed by atoms with Gasteiger partial charge in [0.2, 0.25) is 5.88 Å². The second-order valence-electron chi connectivity index (χ2n) is 3.50. The molecule has 2 N–H and O–H groups in total. The number of pyridine rings is 1. The topological polar surface area (TPSA) is 48.1 Å². The molecule has 0 aliphatic carbocycles. The maximum absolute atomic E-state index is 13.2. The van der Waals surface area contributed by atoms with Gasteiger partial charge in [0.1, 0.15) is 11.6 Å². The Kier molecular flexibility index (Phi) is 3.15. The molecule has 0 radical (unpaired) electrons. The summed E-state index contributed by atoms with van der Waals surface area (Å²) in [7, 11) is 0. The Morgan fingerprint density at radius 1 is 1.29 bits per heavy atom. The molecule has 0 saturated carbocycles. The fourth-order valence-corrected chi connectivity index (χ4v) is 1.38. The smallest absolute Gasteiger partial charge is 0.219 e. The van der Waals surface area contributed by atoms with Gasteiger partial charge in [-0.25, -0.2) is 9.37 Å². The molecule has 88 valence electrons. The van der Waals surface area contributed by atoms with Crippen LogP contribution < -0.4 is 10.5 Å². The van der Waals surface area contributed by atoms with Crippen LogP contribution in [0.2, 0.25) is 5.02 Å². The number of anilines is 1. The summed E-state index contributed by atoms with van der Waals surface area (Å²) in [4.78, 5) is 4.12. The Labute approximate surface area is 103 Å². The molecule has 0 unspecified atom stereocenters. The molecule has 0 aliphatic heterocycles. The van der Waals surface area contributed by atoms with Crippen LogP contribution in [-0.2, 0) is 0 Å². The van der Waals surface area contributed by atoms with Crippen LogP contribution in [0.1, 0.15) is 5.69 Å². The Morgan fingerprint density at radius 2 is 2.06 bits per heavy atom. The van der Waals surface area contributed by atoms with Gasteiger partial charge in [-0.2, -0.15) is 0 Å². The lowest BCUT2D eigenvalue weighted by atomic mass is 10.3. The summed E-state index contributed by atoms with van der Waals surface area (Å²) in [6, 6.07) is 7.50. The van der Waals surface area contributed by atoms with Crippen molar-refractivity contribution in [1.82, 2.24) is 4.98 Å². The van der Waals surface area contributed by atoms with E-state index in [1.807, 2.05) is 0 Å². The lowest BCUT2D eigenvalue weighted by Gasteiger charge is -2.07. The molecule has 2 rings (SSSR count). The minimum absolute atomic E-state index is 0.0544. The van der Waals surface area contributed by atoms with Crippen molar-refractivity contribution in [2.24, 2.45) is 0 Å². The summed E-state index contributed by atoms with van der Waals surface area (Å²) in [5.74, 6) is 0.165. The van der Waals surface area contributed by atoms with Gasteiger partial charge in [0, 0.05) is 12.1 Å². The Hall–Kier alpha value is -1.81. The molecule has 3 nitrogen and oxygen atoms in total. The van der Waals surface area contributed by atoms with Crippen LogP contribution in [0.25, 0.3) is 0 Å². The van der Waals surface area contributed by atoms with Crippen molar-refractivity contribution in [3.05, 3.63) is 46.9 Å². The monoisotopic (exact) mass is 252 g/mol. The number of nitrogens with two attached hydrogens (primary N) is 1. The zero-order chi connectivity index (χ0) is 12.4. The Morgan fingerprint density at radius 3 is 2.71 bits per heavy atom. The predicted octanol–water partition coefficient (Wildman–Crippen LogP) is 3.56. The molecule has 5 heteroatoms. The number of rotatable bonds is 2. The molecular weight excluding hydrogens is 243 g/mol. The molecule has 1 heterocycles. The fourth-order valence-electron chi connectivity index (χ4n) is 1.27. The molecule has 0 amide bonds. The number of aromatic nitrogens is 1. The van der Waals surface area contributed by atoms with Crippen LogP contribution in [0, 0.1) is 12.7 Å². The van der Waals surface area contributed by atoms with Gasteiger partial charge < -0.3 is 10.5 Å². The van der Waals surface area contributed by atoms with E-state index in [2.05, 4.69) is 4.98 Å². The van der Waals surface area contributed by atoms with E-state index in [0.717, 1.165) is 0 Å². The minimum atomic E-state index is -0.531. The maximum atomic E-state index is 13.2. The van der Waals surface area contributed by atoms with E-state index >= 15 is 0 Å². The van der Waals surface area contributed by atoms with Crippen LogP contribution >= 0.6 is 11.6 Å². The summed E-state index contributed by atoms with van der Waals surface area (Å²) >= 11 is 5.57. The van der Waals surface area contributed by atoms with E-state index in [1.165, 1.54) is 12.1 Å². The quantitative estimate of drug-likeness (QED) is 0.889. The van der Waals surface area contributed by atoms with Gasteiger partial charge >= 0.3 is 0 Å². The number of hydrogen-bond acceptors (Lipinski definition) is 3. The predicted molar refractivity (Wildman–Crippen MR) is 64.9 cm³/mol. The Balaban J connectivity index is 2.25. The molecule has 0 spiro atoms. The Bertz CT molecular complexity index is 511. The lowest BCUT2D eigenvalue weighted by molar-refractivity contribution is 0.457. The van der Waals surface area contributed by atoms with E-state index in [4.69, 9.17) is 22.1 Å². The second-order valence-corrected chi connectivity index (χ2v) is 3.91. The van der Waals surface area contributed by atoms with Crippen molar-refractivity contribution in [2.75, 3.05) is 5.73 Å². The van der Waals surface area contributed by atoms with Crippen molar-refractivity contribution in [1.29, 1.82) is 0 Å². The van der Waals surface area contributed by atoms with Crippen molar-refractivity contribution in [3.63, 3.8) is 0 Å². The number of halogens is 2. The molecule has 0 saturated heterocycles. The highest BCUT2D eigenvalue weighted by atomic mass is 35.5. The van der Waals surface area contributed by atoms with Gasteiger partial charge in [-0.15, -0.1) is 0 Å². The van der Waals surface area contributed by atoms with E-state index in [-0.39, 0.29) is 5.02 Å². The minimum Gasteiger partial charge on any atom is -0.439 e. The third-order valence-corrected chi connectivity index (χ3v) is 2.52. The summed E-state index contributed by atoms with van der Waals surface area (Å²) < 4.78 is 18.6. The standard InChI is InChI=1S/C12H10ClFN2O/c1-7-11(15)4-5-12(16-7)17-8-2-3-9(13)10(14)6-8/h2-6H,15H2,1H3. The van der Waals surface area contributed by atoms with E-state index in [0.29, 0.717) is 23.0 Å². The van der Waals surface area contributed by atoms with E-state index in [1.54, 1.807) is 25.1 Å². The SMILES string of the molecule is Cc1nc(Oc2ccc(Cl)c(F)c2)ccc1N. The van der Waals surface area contributed by atoms with Crippen LogP contribution in [0.5, 0.6) is 11.6 Å². The highest BCUT2D eigenvalue weighted by Gasteiger charge is 2.04. The molecular formula is C12H10ClFN2O. The molecule has 1 aromatic heterocycles. The molecule has 0 atom stereocenters. The average Bonchev–Trinajstić information content (AvgIpc) is 2.29. The zero-order valence-electron chi connectivity index (χ0n) is 9.08. The zero-order valence-corrected chi connectivity index (χ0v) is 9.83. The number of nitrogens with zero attached hydrogens (tertiary/aromatic N) is 1. The van der Waals surface area contributed by atoms with Crippen molar-refractivity contribution < 1.29 is 9.13 Å². The molecule has 2 aromatic rings. The largest absolute Gasteiger partial charge is 0.439 e. The third-order valence-electron chi connectivity index (χ3n) is 2.21. The summed E-state index contributed by atoms with van der Waals surface area (Å²) in [6.07, 6.45) is 0. The highest BCUT2D eigenvalue weighted by molar-refractivity contribution is 6.30. The van der Waals surface area contributed by atoms with E-state index in [9.17, 15) is 4.39 Å². The van der Waals surface area contributed by atoms with Crippen molar-refractivity contribution in [3.8, 4) is 11.6 Å². The summed E-state index contributed by atoms with van der Waals surface area (Å²) in [5, 5.41) is 0.0544. The molecule has 0 aliphatic rings. The third kappa shape index (κ3) is 2.65. The summed E-state index contributed by atoms with van der Waals surface area (Å²) in [6.45, 7) is 1.77. The fraction of sp³-hybridized carbons (Fsp3) is 0.0833. The maximum Gasteiger partial charge on any atom is 0.219 e. The van der Waals surface area contributed by atoms with Crippen molar-refractivity contribution in [2.45, 2.75) is 6.92 Å². The van der Waals surface area contributed by atoms with Gasteiger partial charge in [0.15, 0.2) is 0 Å². The average molecular weight is 253 g/mol. The normalized spacial score (nSPS) is 10.3. The number of ether oxygens (including phenoxy) is 1. The molecule has 0 fully saturated rings. The number of hydrogen-bond donors (Lipinski definition) is 1. The molecule has 17 heavy (non-hydrogen) atoms. The number of aryl methyl sites for hydroxylation is 1. The van der Waals surface area contributed by atoms with Gasteiger partial charge in [0.05, 0.1) is 16.4 Å². The van der Waals surface area contributed by atoms with Crippen LogP contribution in [0.15, 0.2) is 30.3 Å². The first-order chi connectivity index (χ1) is 8.06. The lowest BCUT2D eigenvalue weighted by Crippen LogP contribution is -1.95. The number of benzene rings is 1. The molecule has 0 bridgehead atoms. The first-order valence-electron chi connectivity index (χ1n) is 4.92.